The molecule has 0 saturated heterocycles. The molecule has 4 heterocycles. The Bertz CT molecular complexity index is 2120. The van der Waals surface area contributed by atoms with E-state index in [1.807, 2.05) is 0 Å². The molecule has 0 N–H and O–H groups in total. The molecule has 40 heavy (non-hydrogen) atoms. The molecule has 0 radical (unpaired) electrons. The van der Waals surface area contributed by atoms with Gasteiger partial charge < -0.3 is 0 Å². The first-order chi connectivity index (χ1) is 19.8. The van der Waals surface area contributed by atoms with Crippen molar-refractivity contribution in [1.29, 1.82) is 0 Å². The Morgan fingerprint density at radius 3 is 2.00 bits per heavy atom. The van der Waals surface area contributed by atoms with E-state index in [9.17, 15) is 0 Å². The van der Waals surface area contributed by atoms with E-state index in [4.69, 9.17) is 0 Å². The zero-order chi connectivity index (χ0) is 26.4. The van der Waals surface area contributed by atoms with Gasteiger partial charge in [-0.3, -0.25) is 0 Å². The number of nitrogens with zero attached hydrogens (tertiary/aromatic N) is 2. The highest BCUT2D eigenvalue weighted by molar-refractivity contribution is 7.42. The number of hydrogen-bond donors (Lipinski definition) is 0. The third kappa shape index (κ3) is 2.56. The average molecular weight is 531 g/mol. The predicted molar refractivity (Wildman–Crippen MR) is 163 cm³/mol. The molecule has 9 rings (SSSR count). The van der Waals surface area contributed by atoms with Crippen LogP contribution in [0.4, 0.5) is 0 Å². The zero-order valence-corrected chi connectivity index (χ0v) is 23.1. The van der Waals surface area contributed by atoms with Gasteiger partial charge in [-0.15, -0.1) is 8.50 Å². The van der Waals surface area contributed by atoms with Crippen molar-refractivity contribution in [2.24, 2.45) is 0 Å². The second-order valence-electron chi connectivity index (χ2n) is 10.9. The zero-order valence-electron chi connectivity index (χ0n) is 22.3. The molecule has 1 spiro atoms. The van der Waals surface area contributed by atoms with Crippen molar-refractivity contribution in [3.63, 3.8) is 0 Å². The van der Waals surface area contributed by atoms with Gasteiger partial charge in [0.1, 0.15) is 5.12 Å². The third-order valence-electron chi connectivity index (χ3n) is 9.16. The van der Waals surface area contributed by atoms with Crippen molar-refractivity contribution in [2.75, 3.05) is 0 Å². The SMILES string of the molecule is CCc1c2cccc1C1(c3ccccc3-c3ccccc31)c1cccc3c4cccc[n+]4p(c13)-[n+]1ccccc1-2. The van der Waals surface area contributed by atoms with Crippen LogP contribution in [-0.4, -0.2) is 0 Å². The van der Waals surface area contributed by atoms with E-state index >= 15 is 0 Å². The lowest BCUT2D eigenvalue weighted by Gasteiger charge is -2.35. The van der Waals surface area contributed by atoms with Gasteiger partial charge in [-0.1, -0.05) is 79.7 Å². The molecule has 2 bridgehead atoms. The van der Waals surface area contributed by atoms with Gasteiger partial charge in [-0.2, -0.15) is 0 Å². The van der Waals surface area contributed by atoms with Gasteiger partial charge in [-0.25, -0.2) is 0 Å². The molecule has 2 aliphatic rings. The molecular weight excluding hydrogens is 503 g/mol. The van der Waals surface area contributed by atoms with Crippen molar-refractivity contribution in [3.05, 3.63) is 162 Å². The van der Waals surface area contributed by atoms with E-state index in [2.05, 4.69) is 149 Å². The Hall–Kier alpha value is -4.52. The van der Waals surface area contributed by atoms with Gasteiger partial charge in [0, 0.05) is 24.3 Å². The maximum Gasteiger partial charge on any atom is 0.448 e. The first kappa shape index (κ1) is 22.3. The smallest absolute Gasteiger partial charge is 0.102 e. The highest BCUT2D eigenvalue weighted by Crippen LogP contribution is 2.60. The van der Waals surface area contributed by atoms with Gasteiger partial charge in [-0.05, 0) is 69.6 Å². The molecule has 0 saturated carbocycles. The van der Waals surface area contributed by atoms with Crippen LogP contribution in [0, 0.1) is 0 Å². The number of pyridine rings is 2. The standard InChI is InChI=1S/C37H27N2P/c1-2-25-28-15-11-19-30(25)37(31-17-5-3-13-26(31)27-14-4-6-18-32(27)37)33-20-12-16-29-35-22-8-10-24-39(35)40(36(29)33)38-23-9-7-21-34(28)38/h3-24H,2H2,1H3/q+2. The number of fused-ring (bicyclic) bond motifs is 15. The van der Waals surface area contributed by atoms with Crippen molar-refractivity contribution >= 4 is 23.9 Å². The summed E-state index contributed by atoms with van der Waals surface area (Å²) in [5.41, 5.74) is 13.2. The summed E-state index contributed by atoms with van der Waals surface area (Å²) in [5.74, 6) is 0. The van der Waals surface area contributed by atoms with Crippen molar-refractivity contribution in [2.45, 2.75) is 18.8 Å². The molecule has 2 nitrogen and oxygen atoms in total. The molecule has 3 heteroatoms. The summed E-state index contributed by atoms with van der Waals surface area (Å²) in [6.45, 7) is 2.32. The van der Waals surface area contributed by atoms with Crippen molar-refractivity contribution in [1.82, 2.24) is 0 Å². The van der Waals surface area contributed by atoms with Crippen LogP contribution >= 0.6 is 7.84 Å². The maximum absolute atomic E-state index is 2.57. The summed E-state index contributed by atoms with van der Waals surface area (Å²) in [6, 6.07) is 45.7. The quantitative estimate of drug-likeness (QED) is 0.203. The van der Waals surface area contributed by atoms with E-state index < -0.39 is 13.3 Å². The number of aromatic nitrogens is 2. The fraction of sp³-hybridized carbons (Fsp3) is 0.0811. The molecular formula is C37H27N2P+2. The van der Waals surface area contributed by atoms with E-state index in [-0.39, 0.29) is 0 Å². The highest BCUT2D eigenvalue weighted by Gasteiger charge is 2.51. The lowest BCUT2D eigenvalue weighted by Crippen LogP contribution is -2.35. The summed E-state index contributed by atoms with van der Waals surface area (Å²) in [4.78, 5) is 0. The lowest BCUT2D eigenvalue weighted by molar-refractivity contribution is -0.562. The maximum atomic E-state index is 2.57. The Labute approximate surface area is 234 Å². The Morgan fingerprint density at radius 1 is 0.575 bits per heavy atom. The third-order valence-corrected chi connectivity index (χ3v) is 11.6. The van der Waals surface area contributed by atoms with Crippen LogP contribution in [0.5, 0.6) is 0 Å². The minimum absolute atomic E-state index is 0.411. The minimum atomic E-state index is -0.915. The van der Waals surface area contributed by atoms with E-state index in [1.54, 1.807) is 0 Å². The van der Waals surface area contributed by atoms with Gasteiger partial charge in [0.15, 0.2) is 12.4 Å². The topological polar surface area (TPSA) is 7.98 Å². The summed E-state index contributed by atoms with van der Waals surface area (Å²) < 4.78 is 5.10. The van der Waals surface area contributed by atoms with Crippen LogP contribution in [0.2, 0.25) is 0 Å². The molecule has 4 aromatic carbocycles. The Morgan fingerprint density at radius 2 is 1.20 bits per heavy atom. The summed E-state index contributed by atoms with van der Waals surface area (Å²) in [7, 11) is -0.915. The highest BCUT2D eigenvalue weighted by atomic mass is 31.1. The lowest BCUT2D eigenvalue weighted by atomic mass is 9.65. The molecule has 3 aromatic heterocycles. The fourth-order valence-corrected chi connectivity index (χ4v) is 10.4. The number of rotatable bonds is 1. The van der Waals surface area contributed by atoms with E-state index in [1.165, 1.54) is 66.2 Å². The molecule has 1 aliphatic carbocycles. The Kier molecular flexibility index (Phi) is 4.47. The molecule has 1 atom stereocenters. The van der Waals surface area contributed by atoms with Crippen LogP contribution in [0.25, 0.3) is 38.4 Å². The number of hydrogen-bond acceptors (Lipinski definition) is 0. The summed E-state index contributed by atoms with van der Waals surface area (Å²) >= 11 is 0. The minimum Gasteiger partial charge on any atom is -0.102 e. The van der Waals surface area contributed by atoms with Crippen molar-refractivity contribution in [3.8, 4) is 22.4 Å². The first-order valence-electron chi connectivity index (χ1n) is 14.1. The Balaban J connectivity index is 1.64. The van der Waals surface area contributed by atoms with Gasteiger partial charge in [0.2, 0.25) is 11.2 Å². The van der Waals surface area contributed by atoms with Gasteiger partial charge in [0.25, 0.3) is 0 Å². The number of benzene rings is 4. The van der Waals surface area contributed by atoms with Crippen molar-refractivity contribution < 1.29 is 8.50 Å². The molecule has 188 valence electrons. The predicted octanol–water partition coefficient (Wildman–Crippen LogP) is 8.07. The monoisotopic (exact) mass is 530 g/mol. The molecule has 7 aromatic rings. The van der Waals surface area contributed by atoms with Crippen LogP contribution in [0.15, 0.2) is 134 Å². The first-order valence-corrected chi connectivity index (χ1v) is 15.4. The molecule has 0 amide bonds. The summed E-state index contributed by atoms with van der Waals surface area (Å²) in [6.07, 6.45) is 5.55. The molecule has 1 aliphatic heterocycles. The molecule has 0 fully saturated rings. The fourth-order valence-electron chi connectivity index (χ4n) is 7.73. The molecule has 1 unspecified atom stereocenters. The second-order valence-corrected chi connectivity index (χ2v) is 12.8. The van der Waals surface area contributed by atoms with Gasteiger partial charge in [0.05, 0.1) is 16.4 Å². The average Bonchev–Trinajstić information content (AvgIpc) is 3.52. The van der Waals surface area contributed by atoms with Crippen LogP contribution in [0.3, 0.4) is 0 Å². The second kappa shape index (κ2) is 8.01. The van der Waals surface area contributed by atoms with E-state index in [0.717, 1.165) is 6.42 Å². The van der Waals surface area contributed by atoms with Crippen LogP contribution in [0.1, 0.15) is 34.7 Å². The largest absolute Gasteiger partial charge is 0.448 e. The van der Waals surface area contributed by atoms with Crippen LogP contribution in [-0.2, 0) is 11.8 Å². The normalized spacial score (nSPS) is 14.4. The van der Waals surface area contributed by atoms with E-state index in [0.29, 0.717) is 0 Å². The summed E-state index contributed by atoms with van der Waals surface area (Å²) in [5, 5.41) is 2.80. The van der Waals surface area contributed by atoms with Crippen LogP contribution < -0.4 is 8.50 Å². The van der Waals surface area contributed by atoms with Gasteiger partial charge >= 0.3 is 7.84 Å².